The number of aliphatic hydroxyl groups is 1. The zero-order valence-electron chi connectivity index (χ0n) is 9.93. The molecular formula is C13H18BrFO. The lowest BCUT2D eigenvalue weighted by molar-refractivity contribution is 0.143. The third-order valence-corrected chi connectivity index (χ3v) is 3.19. The Morgan fingerprint density at radius 1 is 1.38 bits per heavy atom. The van der Waals surface area contributed by atoms with Gasteiger partial charge in [-0.05, 0) is 30.4 Å². The maximum atomic E-state index is 13.5. The summed E-state index contributed by atoms with van der Waals surface area (Å²) in [5.41, 5.74) is 0.519. The lowest BCUT2D eigenvalue weighted by Gasteiger charge is -2.21. The third-order valence-electron chi connectivity index (χ3n) is 2.50. The van der Waals surface area contributed by atoms with Crippen LogP contribution >= 0.6 is 15.9 Å². The summed E-state index contributed by atoms with van der Waals surface area (Å²) in [7, 11) is 0. The van der Waals surface area contributed by atoms with Crippen molar-refractivity contribution in [3.63, 3.8) is 0 Å². The Morgan fingerprint density at radius 2 is 2.00 bits per heavy atom. The van der Waals surface area contributed by atoms with Crippen LogP contribution in [0.25, 0.3) is 0 Å². The summed E-state index contributed by atoms with van der Waals surface area (Å²) >= 11 is 3.27. The van der Waals surface area contributed by atoms with Gasteiger partial charge in [0.1, 0.15) is 5.82 Å². The zero-order valence-corrected chi connectivity index (χ0v) is 11.5. The Morgan fingerprint density at radius 3 is 2.50 bits per heavy atom. The fourth-order valence-electron chi connectivity index (χ4n) is 1.54. The van der Waals surface area contributed by atoms with Crippen molar-refractivity contribution in [2.24, 2.45) is 5.41 Å². The van der Waals surface area contributed by atoms with E-state index >= 15 is 0 Å². The highest BCUT2D eigenvalue weighted by molar-refractivity contribution is 9.10. The minimum Gasteiger partial charge on any atom is -0.388 e. The first-order valence-electron chi connectivity index (χ1n) is 5.43. The molecule has 0 saturated carbocycles. The van der Waals surface area contributed by atoms with E-state index in [1.54, 1.807) is 12.1 Å². The highest BCUT2D eigenvalue weighted by Gasteiger charge is 2.19. The van der Waals surface area contributed by atoms with Crippen molar-refractivity contribution in [2.45, 2.75) is 39.7 Å². The highest BCUT2D eigenvalue weighted by atomic mass is 79.9. The molecule has 1 nitrogen and oxygen atoms in total. The SMILES string of the molecule is CC(C)(C)CCC(O)c1c(F)cccc1Br. The van der Waals surface area contributed by atoms with Crippen molar-refractivity contribution in [3.8, 4) is 0 Å². The van der Waals surface area contributed by atoms with Crippen LogP contribution in [-0.4, -0.2) is 5.11 Å². The fraction of sp³-hybridized carbons (Fsp3) is 0.538. The van der Waals surface area contributed by atoms with E-state index in [0.29, 0.717) is 16.5 Å². The second kappa shape index (κ2) is 5.28. The standard InChI is InChI=1S/C13H18BrFO/c1-13(2,3)8-7-11(16)12-9(14)5-4-6-10(12)15/h4-6,11,16H,7-8H2,1-3H3. The molecule has 0 amide bonds. The average molecular weight is 289 g/mol. The molecule has 0 aliphatic heterocycles. The van der Waals surface area contributed by atoms with E-state index in [9.17, 15) is 9.50 Å². The van der Waals surface area contributed by atoms with Crippen LogP contribution in [0.1, 0.15) is 45.3 Å². The van der Waals surface area contributed by atoms with E-state index in [1.807, 2.05) is 0 Å². The molecule has 0 spiro atoms. The van der Waals surface area contributed by atoms with Crippen molar-refractivity contribution >= 4 is 15.9 Å². The van der Waals surface area contributed by atoms with Crippen molar-refractivity contribution in [1.82, 2.24) is 0 Å². The summed E-state index contributed by atoms with van der Waals surface area (Å²) in [6, 6.07) is 4.75. The van der Waals surface area contributed by atoms with E-state index in [4.69, 9.17) is 0 Å². The first kappa shape index (κ1) is 13.7. The molecule has 1 atom stereocenters. The molecule has 1 unspecified atom stereocenters. The quantitative estimate of drug-likeness (QED) is 0.871. The van der Waals surface area contributed by atoms with Crippen molar-refractivity contribution < 1.29 is 9.50 Å². The average Bonchev–Trinajstić information content (AvgIpc) is 2.13. The van der Waals surface area contributed by atoms with Crippen LogP contribution < -0.4 is 0 Å². The normalized spacial score (nSPS) is 13.9. The first-order valence-corrected chi connectivity index (χ1v) is 6.22. The van der Waals surface area contributed by atoms with Crippen LogP contribution in [0.15, 0.2) is 22.7 Å². The third kappa shape index (κ3) is 3.87. The highest BCUT2D eigenvalue weighted by Crippen LogP contribution is 2.32. The van der Waals surface area contributed by atoms with Gasteiger partial charge < -0.3 is 5.11 Å². The van der Waals surface area contributed by atoms with E-state index in [2.05, 4.69) is 36.7 Å². The Kier molecular flexibility index (Phi) is 4.51. The van der Waals surface area contributed by atoms with Crippen molar-refractivity contribution in [3.05, 3.63) is 34.1 Å². The predicted octanol–water partition coefficient (Wildman–Crippen LogP) is 4.45. The smallest absolute Gasteiger partial charge is 0.130 e. The molecule has 0 aromatic heterocycles. The summed E-state index contributed by atoms with van der Waals surface area (Å²) in [5, 5.41) is 9.98. The van der Waals surface area contributed by atoms with Crippen LogP contribution in [0.4, 0.5) is 4.39 Å². The maximum absolute atomic E-state index is 13.5. The number of halogens is 2. The van der Waals surface area contributed by atoms with Crippen molar-refractivity contribution in [2.75, 3.05) is 0 Å². The van der Waals surface area contributed by atoms with E-state index in [-0.39, 0.29) is 11.2 Å². The summed E-state index contributed by atoms with van der Waals surface area (Å²) in [5.74, 6) is -0.351. The van der Waals surface area contributed by atoms with Gasteiger partial charge in [-0.25, -0.2) is 4.39 Å². The molecular weight excluding hydrogens is 271 g/mol. The van der Waals surface area contributed by atoms with E-state index < -0.39 is 6.10 Å². The Labute approximate surface area is 105 Å². The molecule has 1 N–H and O–H groups in total. The predicted molar refractivity (Wildman–Crippen MR) is 67.7 cm³/mol. The molecule has 3 heteroatoms. The fourth-order valence-corrected chi connectivity index (χ4v) is 2.15. The van der Waals surface area contributed by atoms with Crippen LogP contribution in [0.2, 0.25) is 0 Å². The van der Waals surface area contributed by atoms with E-state index in [0.717, 1.165) is 6.42 Å². The number of aliphatic hydroxyl groups excluding tert-OH is 1. The molecule has 0 aliphatic rings. The topological polar surface area (TPSA) is 20.2 Å². The number of hydrogen-bond donors (Lipinski definition) is 1. The van der Waals surface area contributed by atoms with Gasteiger partial charge in [0, 0.05) is 10.0 Å². The molecule has 16 heavy (non-hydrogen) atoms. The van der Waals surface area contributed by atoms with E-state index in [1.165, 1.54) is 6.07 Å². The number of rotatable bonds is 3. The second-order valence-corrected chi connectivity index (χ2v) is 6.10. The lowest BCUT2D eigenvalue weighted by atomic mass is 9.88. The van der Waals surface area contributed by atoms with Crippen molar-refractivity contribution in [1.29, 1.82) is 0 Å². The lowest BCUT2D eigenvalue weighted by Crippen LogP contribution is -2.09. The summed E-state index contributed by atoms with van der Waals surface area (Å²) in [4.78, 5) is 0. The molecule has 0 saturated heterocycles. The molecule has 1 rings (SSSR count). The molecule has 0 aliphatic carbocycles. The molecule has 1 aromatic rings. The van der Waals surface area contributed by atoms with Gasteiger partial charge in [0.05, 0.1) is 6.10 Å². The van der Waals surface area contributed by atoms with Gasteiger partial charge in [-0.1, -0.05) is 42.8 Å². The van der Waals surface area contributed by atoms with Gasteiger partial charge in [-0.15, -0.1) is 0 Å². The Balaban J connectivity index is 2.77. The van der Waals surface area contributed by atoms with Gasteiger partial charge >= 0.3 is 0 Å². The van der Waals surface area contributed by atoms with Crippen LogP contribution in [0, 0.1) is 11.2 Å². The summed E-state index contributed by atoms with van der Waals surface area (Å²) in [6.07, 6.45) is 0.688. The monoisotopic (exact) mass is 288 g/mol. The Hall–Kier alpha value is -0.410. The molecule has 0 fully saturated rings. The molecule has 90 valence electrons. The van der Waals surface area contributed by atoms with Gasteiger partial charge in [0.2, 0.25) is 0 Å². The van der Waals surface area contributed by atoms with Crippen LogP contribution in [0.5, 0.6) is 0 Å². The maximum Gasteiger partial charge on any atom is 0.130 e. The molecule has 0 radical (unpaired) electrons. The largest absolute Gasteiger partial charge is 0.388 e. The molecule has 1 aromatic carbocycles. The summed E-state index contributed by atoms with van der Waals surface area (Å²) < 4.78 is 14.2. The minimum atomic E-state index is -0.741. The first-order chi connectivity index (χ1) is 7.31. The minimum absolute atomic E-state index is 0.152. The summed E-state index contributed by atoms with van der Waals surface area (Å²) in [6.45, 7) is 6.32. The zero-order chi connectivity index (χ0) is 12.3. The van der Waals surface area contributed by atoms with Gasteiger partial charge in [0.15, 0.2) is 0 Å². The number of hydrogen-bond acceptors (Lipinski definition) is 1. The van der Waals surface area contributed by atoms with Gasteiger partial charge in [-0.3, -0.25) is 0 Å². The Bertz CT molecular complexity index is 337. The van der Waals surface area contributed by atoms with Crippen LogP contribution in [-0.2, 0) is 0 Å². The second-order valence-electron chi connectivity index (χ2n) is 5.25. The van der Waals surface area contributed by atoms with Gasteiger partial charge in [0.25, 0.3) is 0 Å². The molecule has 0 bridgehead atoms. The van der Waals surface area contributed by atoms with Gasteiger partial charge in [-0.2, -0.15) is 0 Å². The number of benzene rings is 1. The molecule has 0 heterocycles. The van der Waals surface area contributed by atoms with Crippen LogP contribution in [0.3, 0.4) is 0 Å².